The fourth-order valence-corrected chi connectivity index (χ4v) is 3.98. The number of hydrogen-bond donors (Lipinski definition) is 2. The molecular formula is C20H26N6O3S. The first-order chi connectivity index (χ1) is 14.3. The van der Waals surface area contributed by atoms with E-state index in [1.165, 1.54) is 0 Å². The van der Waals surface area contributed by atoms with Crippen molar-refractivity contribution < 1.29 is 14.3 Å². The summed E-state index contributed by atoms with van der Waals surface area (Å²) >= 11 is 1.59. The standard InChI is InChI=1S/C20H26N6O3S/c1-20(2,3)29-19(27)25-9-8-14(10-25)18-23-15(12-30-18)11-28-17-6-4-16(5-7-17)26(13-21)24-22/h4-7,12-14,21-22H,8-11H2,1-3H3. The van der Waals surface area contributed by atoms with E-state index in [4.69, 9.17) is 20.4 Å². The van der Waals surface area contributed by atoms with Crippen molar-refractivity contribution in [3.05, 3.63) is 40.3 Å². The predicted molar refractivity (Wildman–Crippen MR) is 114 cm³/mol. The lowest BCUT2D eigenvalue weighted by atomic mass is 10.1. The average molecular weight is 431 g/mol. The van der Waals surface area contributed by atoms with E-state index >= 15 is 0 Å². The molecule has 1 saturated heterocycles. The van der Waals surface area contributed by atoms with Gasteiger partial charge >= 0.3 is 6.09 Å². The molecule has 2 aromatic rings. The molecule has 0 bridgehead atoms. The maximum atomic E-state index is 12.2. The van der Waals surface area contributed by atoms with Gasteiger partial charge in [0, 0.05) is 24.4 Å². The summed E-state index contributed by atoms with van der Waals surface area (Å²) in [4.78, 5) is 18.7. The zero-order valence-electron chi connectivity index (χ0n) is 17.3. The number of aromatic nitrogens is 1. The Kier molecular flexibility index (Phi) is 6.66. The van der Waals surface area contributed by atoms with Gasteiger partial charge < -0.3 is 14.4 Å². The van der Waals surface area contributed by atoms with Crippen LogP contribution in [-0.4, -0.2) is 41.0 Å². The first-order valence-electron chi connectivity index (χ1n) is 9.61. The van der Waals surface area contributed by atoms with Gasteiger partial charge in [0.1, 0.15) is 24.3 Å². The molecule has 1 aromatic carbocycles. The van der Waals surface area contributed by atoms with Crippen molar-refractivity contribution in [2.45, 2.75) is 45.3 Å². The number of carbonyl (C=O) groups excluding carboxylic acids is 1. The van der Waals surface area contributed by atoms with Crippen LogP contribution in [0.1, 0.15) is 43.8 Å². The van der Waals surface area contributed by atoms with Crippen LogP contribution in [0.25, 0.3) is 0 Å². The van der Waals surface area contributed by atoms with Crippen molar-refractivity contribution in [1.29, 1.82) is 10.9 Å². The highest BCUT2D eigenvalue weighted by atomic mass is 32.1. The molecule has 1 amide bonds. The van der Waals surface area contributed by atoms with Gasteiger partial charge in [0.05, 0.1) is 16.4 Å². The number of likely N-dealkylation sites (tertiary alicyclic amines) is 1. The number of rotatable bonds is 7. The molecule has 1 fully saturated rings. The summed E-state index contributed by atoms with van der Waals surface area (Å²) < 4.78 is 11.2. The number of carbonyl (C=O) groups is 1. The Morgan fingerprint density at radius 3 is 2.77 bits per heavy atom. The third-order valence-corrected chi connectivity index (χ3v) is 5.53. The summed E-state index contributed by atoms with van der Waals surface area (Å²) in [5.74, 6) is 0.886. The lowest BCUT2D eigenvalue weighted by molar-refractivity contribution is 0.0292. The second-order valence-electron chi connectivity index (χ2n) is 7.95. The minimum absolute atomic E-state index is 0.219. The molecule has 3 rings (SSSR count). The summed E-state index contributed by atoms with van der Waals surface area (Å²) in [5, 5.41) is 14.6. The molecule has 1 atom stereocenters. The summed E-state index contributed by atoms with van der Waals surface area (Å²) in [6.07, 6.45) is 1.57. The molecule has 0 saturated carbocycles. The molecular weight excluding hydrogens is 404 g/mol. The van der Waals surface area contributed by atoms with Gasteiger partial charge in [0.25, 0.3) is 0 Å². The van der Waals surface area contributed by atoms with Gasteiger partial charge in [-0.2, -0.15) is 5.53 Å². The normalized spacial score (nSPS) is 16.2. The van der Waals surface area contributed by atoms with E-state index in [0.717, 1.165) is 28.5 Å². The van der Waals surface area contributed by atoms with Crippen LogP contribution < -0.4 is 9.75 Å². The van der Waals surface area contributed by atoms with Crippen LogP contribution >= 0.6 is 11.3 Å². The smallest absolute Gasteiger partial charge is 0.410 e. The molecule has 1 aromatic heterocycles. The van der Waals surface area contributed by atoms with E-state index in [2.05, 4.69) is 10.2 Å². The fourth-order valence-electron chi connectivity index (χ4n) is 3.04. The van der Waals surface area contributed by atoms with E-state index in [9.17, 15) is 4.79 Å². The zero-order chi connectivity index (χ0) is 21.7. The molecule has 10 heteroatoms. The Bertz CT molecular complexity index is 885. The number of anilines is 1. The van der Waals surface area contributed by atoms with Crippen LogP contribution in [0.4, 0.5) is 10.5 Å². The van der Waals surface area contributed by atoms with E-state index in [0.29, 0.717) is 31.1 Å². The van der Waals surface area contributed by atoms with Crippen molar-refractivity contribution in [2.75, 3.05) is 18.1 Å². The topological polar surface area (TPSA) is 115 Å². The number of amides is 1. The van der Waals surface area contributed by atoms with Crippen molar-refractivity contribution >= 4 is 29.5 Å². The van der Waals surface area contributed by atoms with Gasteiger partial charge in [0.15, 0.2) is 0 Å². The summed E-state index contributed by atoms with van der Waals surface area (Å²) in [5.41, 5.74) is 7.99. The number of ether oxygens (including phenoxy) is 2. The van der Waals surface area contributed by atoms with Gasteiger partial charge in [-0.05, 0) is 51.5 Å². The largest absolute Gasteiger partial charge is 0.487 e. The number of thiazole rings is 1. The van der Waals surface area contributed by atoms with Crippen LogP contribution in [0, 0.1) is 10.9 Å². The van der Waals surface area contributed by atoms with Crippen LogP contribution in [0.15, 0.2) is 34.9 Å². The molecule has 1 aliphatic heterocycles. The third-order valence-electron chi connectivity index (χ3n) is 4.48. The van der Waals surface area contributed by atoms with E-state index in [1.54, 1.807) is 40.5 Å². The first-order valence-corrected chi connectivity index (χ1v) is 10.5. The SMILES string of the molecule is CC(C)(C)OC(=O)N1CCC(c2nc(COc3ccc(N(C=N)N=N)cc3)cs2)C1. The Morgan fingerprint density at radius 1 is 1.40 bits per heavy atom. The highest BCUT2D eigenvalue weighted by Crippen LogP contribution is 2.31. The minimum Gasteiger partial charge on any atom is -0.487 e. The molecule has 0 spiro atoms. The molecule has 9 nitrogen and oxygen atoms in total. The van der Waals surface area contributed by atoms with E-state index in [-0.39, 0.29) is 12.0 Å². The van der Waals surface area contributed by atoms with Crippen molar-refractivity contribution in [3.8, 4) is 5.75 Å². The van der Waals surface area contributed by atoms with Crippen LogP contribution in [-0.2, 0) is 11.3 Å². The Balaban J connectivity index is 1.53. The summed E-state index contributed by atoms with van der Waals surface area (Å²) in [6.45, 7) is 7.24. The minimum atomic E-state index is -0.493. The van der Waals surface area contributed by atoms with Gasteiger partial charge in [-0.15, -0.1) is 11.3 Å². The van der Waals surface area contributed by atoms with Crippen molar-refractivity contribution in [1.82, 2.24) is 9.88 Å². The Hall–Kier alpha value is -3.01. The molecule has 1 unspecified atom stereocenters. The molecule has 2 N–H and O–H groups in total. The summed E-state index contributed by atoms with van der Waals surface area (Å²) in [7, 11) is 0. The predicted octanol–water partition coefficient (Wildman–Crippen LogP) is 4.81. The van der Waals surface area contributed by atoms with Gasteiger partial charge in [-0.1, -0.05) is 5.22 Å². The number of nitrogens with one attached hydrogen (secondary N) is 2. The van der Waals surface area contributed by atoms with Crippen LogP contribution in [0.3, 0.4) is 0 Å². The van der Waals surface area contributed by atoms with Gasteiger partial charge in [0.2, 0.25) is 0 Å². The fraction of sp³-hybridized carbons (Fsp3) is 0.450. The number of benzene rings is 1. The van der Waals surface area contributed by atoms with Crippen LogP contribution in [0.2, 0.25) is 0 Å². The third kappa shape index (κ3) is 5.53. The Morgan fingerprint density at radius 2 is 2.13 bits per heavy atom. The number of hydrogen-bond acceptors (Lipinski definition) is 8. The molecule has 30 heavy (non-hydrogen) atoms. The zero-order valence-corrected chi connectivity index (χ0v) is 18.1. The average Bonchev–Trinajstić information content (AvgIpc) is 3.36. The number of nitrogens with zero attached hydrogens (tertiary/aromatic N) is 4. The lowest BCUT2D eigenvalue weighted by Crippen LogP contribution is -2.35. The maximum absolute atomic E-state index is 12.2. The van der Waals surface area contributed by atoms with Gasteiger partial charge in [-0.3, -0.25) is 5.41 Å². The first kappa shape index (κ1) is 21.7. The van der Waals surface area contributed by atoms with Gasteiger partial charge in [-0.25, -0.2) is 14.8 Å². The molecule has 1 aliphatic rings. The van der Waals surface area contributed by atoms with Crippen molar-refractivity contribution in [2.24, 2.45) is 5.22 Å². The van der Waals surface area contributed by atoms with Crippen molar-refractivity contribution in [3.63, 3.8) is 0 Å². The second kappa shape index (κ2) is 9.21. The van der Waals surface area contributed by atoms with Crippen LogP contribution in [0.5, 0.6) is 5.75 Å². The molecule has 2 heterocycles. The second-order valence-corrected chi connectivity index (χ2v) is 8.83. The molecule has 0 radical (unpaired) electrons. The quantitative estimate of drug-likeness (QED) is 0.283. The highest BCUT2D eigenvalue weighted by molar-refractivity contribution is 7.09. The van der Waals surface area contributed by atoms with E-state index in [1.807, 2.05) is 26.2 Å². The monoisotopic (exact) mass is 430 g/mol. The Labute approximate surface area is 179 Å². The molecule has 160 valence electrons. The summed E-state index contributed by atoms with van der Waals surface area (Å²) in [6, 6.07) is 6.99. The molecule has 0 aliphatic carbocycles. The highest BCUT2D eigenvalue weighted by Gasteiger charge is 2.32. The maximum Gasteiger partial charge on any atom is 0.410 e. The lowest BCUT2D eigenvalue weighted by Gasteiger charge is -2.24. The van der Waals surface area contributed by atoms with E-state index < -0.39 is 5.60 Å².